The number of azo groups is 1. The van der Waals surface area contributed by atoms with Crippen LogP contribution < -0.4 is 20.1 Å². The number of hydrogen-bond donors (Lipinski definition) is 4. The van der Waals surface area contributed by atoms with Crippen molar-refractivity contribution in [2.45, 2.75) is 18.7 Å². The molecule has 0 fully saturated rings. The van der Waals surface area contributed by atoms with Gasteiger partial charge in [0.2, 0.25) is 0 Å². The van der Waals surface area contributed by atoms with Gasteiger partial charge in [-0.25, -0.2) is 4.98 Å². The van der Waals surface area contributed by atoms with Gasteiger partial charge in [0.25, 0.3) is 0 Å². The maximum absolute atomic E-state index is 13.3. The van der Waals surface area contributed by atoms with Gasteiger partial charge < -0.3 is 40.0 Å². The van der Waals surface area contributed by atoms with E-state index in [0.717, 1.165) is 12.2 Å². The quantitative estimate of drug-likeness (QED) is 0.109. The second-order valence-corrected chi connectivity index (χ2v) is 11.1. The van der Waals surface area contributed by atoms with E-state index in [1.165, 1.54) is 14.2 Å². The summed E-state index contributed by atoms with van der Waals surface area (Å²) in [6, 6.07) is 14.8. The molecule has 0 radical (unpaired) electrons. The van der Waals surface area contributed by atoms with E-state index in [0.29, 0.717) is 82.5 Å². The lowest BCUT2D eigenvalue weighted by molar-refractivity contribution is 0.0992. The highest BCUT2D eigenvalue weighted by molar-refractivity contribution is 7.85. The van der Waals surface area contributed by atoms with E-state index in [4.69, 9.17) is 19.3 Å². The number of aliphatic hydroxyl groups is 2. The SMILES string of the molecule is CCN(CCO)CCS(=O)c1cc(OC)c(N=Nc2c(NCCOCCO)nc(Nc3ccccc3)c(C#N)c2C)cc1OC. The third-order valence-corrected chi connectivity index (χ3v) is 8.13. The topological polar surface area (TPSA) is 174 Å². The van der Waals surface area contributed by atoms with E-state index in [-0.39, 0.29) is 19.8 Å². The van der Waals surface area contributed by atoms with Crippen LogP contribution in [0.5, 0.6) is 11.5 Å². The molecule has 3 rings (SSSR count). The first-order valence-corrected chi connectivity index (χ1v) is 15.8. The van der Waals surface area contributed by atoms with Crippen LogP contribution in [0.2, 0.25) is 0 Å². The smallest absolute Gasteiger partial charge is 0.156 e. The van der Waals surface area contributed by atoms with Gasteiger partial charge in [0, 0.05) is 48.8 Å². The summed E-state index contributed by atoms with van der Waals surface area (Å²) >= 11 is 0. The Labute approximate surface area is 266 Å². The lowest BCUT2D eigenvalue weighted by Crippen LogP contribution is -2.30. The number of nitrogens with one attached hydrogen (secondary N) is 2. The van der Waals surface area contributed by atoms with Gasteiger partial charge in [-0.2, -0.15) is 5.26 Å². The summed E-state index contributed by atoms with van der Waals surface area (Å²) in [7, 11) is 1.56. The Hall–Kier alpha value is -4.13. The fraction of sp³-hybridized carbons (Fsp3) is 0.419. The third kappa shape index (κ3) is 9.93. The van der Waals surface area contributed by atoms with Crippen molar-refractivity contribution in [1.82, 2.24) is 9.88 Å². The summed E-state index contributed by atoms with van der Waals surface area (Å²) in [6.07, 6.45) is 0. The molecule has 1 atom stereocenters. The van der Waals surface area contributed by atoms with Gasteiger partial charge >= 0.3 is 0 Å². The number of aliphatic hydroxyl groups excluding tert-OH is 2. The van der Waals surface area contributed by atoms with E-state index in [1.807, 2.05) is 42.2 Å². The molecule has 14 heteroatoms. The van der Waals surface area contributed by atoms with Crippen LogP contribution in [-0.2, 0) is 15.5 Å². The van der Waals surface area contributed by atoms with Crippen molar-refractivity contribution in [3.05, 3.63) is 53.6 Å². The first-order chi connectivity index (χ1) is 21.9. The van der Waals surface area contributed by atoms with Crippen LogP contribution in [-0.4, -0.2) is 96.9 Å². The summed E-state index contributed by atoms with van der Waals surface area (Å²) in [6.45, 7) is 6.34. The Bertz CT molecular complexity index is 1480. The average Bonchev–Trinajstić information content (AvgIpc) is 3.06. The maximum Gasteiger partial charge on any atom is 0.156 e. The van der Waals surface area contributed by atoms with Gasteiger partial charge in [-0.05, 0) is 25.6 Å². The first kappa shape index (κ1) is 35.4. The number of methoxy groups -OCH3 is 2. The Kier molecular flexibility index (Phi) is 14.6. The lowest BCUT2D eigenvalue weighted by Gasteiger charge is -2.19. The maximum atomic E-state index is 13.3. The molecule has 1 unspecified atom stereocenters. The molecule has 4 N–H and O–H groups in total. The highest BCUT2D eigenvalue weighted by Gasteiger charge is 2.20. The minimum atomic E-state index is -1.41. The van der Waals surface area contributed by atoms with Gasteiger partial charge in [-0.15, -0.1) is 10.2 Å². The molecule has 2 aromatic carbocycles. The number of ether oxygens (including phenoxy) is 3. The largest absolute Gasteiger partial charge is 0.495 e. The van der Waals surface area contributed by atoms with E-state index in [1.54, 1.807) is 19.1 Å². The summed E-state index contributed by atoms with van der Waals surface area (Å²) in [4.78, 5) is 7.15. The number of nitriles is 1. The van der Waals surface area contributed by atoms with Gasteiger partial charge in [0.1, 0.15) is 28.9 Å². The number of benzene rings is 2. The van der Waals surface area contributed by atoms with Crippen LogP contribution in [0.25, 0.3) is 0 Å². The predicted octanol–water partition coefficient (Wildman–Crippen LogP) is 4.28. The van der Waals surface area contributed by atoms with Gasteiger partial charge in [-0.3, -0.25) is 4.21 Å². The molecule has 0 amide bonds. The molecule has 242 valence electrons. The molecule has 13 nitrogen and oxygen atoms in total. The first-order valence-electron chi connectivity index (χ1n) is 14.5. The molecule has 0 bridgehead atoms. The molecule has 1 heterocycles. The van der Waals surface area contributed by atoms with Crippen molar-refractivity contribution < 1.29 is 28.6 Å². The van der Waals surface area contributed by atoms with E-state index in [9.17, 15) is 14.6 Å². The fourth-order valence-electron chi connectivity index (χ4n) is 4.34. The number of hydrogen-bond acceptors (Lipinski definition) is 13. The summed E-state index contributed by atoms with van der Waals surface area (Å²) < 4.78 is 29.8. The molecule has 1 aromatic heterocycles. The van der Waals surface area contributed by atoms with Crippen LogP contribution in [0, 0.1) is 18.3 Å². The van der Waals surface area contributed by atoms with Crippen molar-refractivity contribution >= 4 is 39.5 Å². The van der Waals surface area contributed by atoms with Crippen molar-refractivity contribution in [2.24, 2.45) is 10.2 Å². The van der Waals surface area contributed by atoms with Crippen LogP contribution >= 0.6 is 0 Å². The Morgan fingerprint density at radius 2 is 1.78 bits per heavy atom. The second kappa shape index (κ2) is 18.6. The summed E-state index contributed by atoms with van der Waals surface area (Å²) in [5.74, 6) is 1.77. The number of anilines is 3. The number of rotatable bonds is 19. The number of pyridine rings is 1. The molecule has 0 aliphatic heterocycles. The highest BCUT2D eigenvalue weighted by Crippen LogP contribution is 2.40. The number of aromatic nitrogens is 1. The van der Waals surface area contributed by atoms with Crippen LogP contribution in [0.4, 0.5) is 28.7 Å². The van der Waals surface area contributed by atoms with Crippen LogP contribution in [0.3, 0.4) is 0 Å². The zero-order valence-corrected chi connectivity index (χ0v) is 26.9. The molecular formula is C31H41N7O6S. The van der Waals surface area contributed by atoms with Crippen LogP contribution in [0.1, 0.15) is 18.1 Å². The van der Waals surface area contributed by atoms with Gasteiger partial charge in [-0.1, -0.05) is 25.1 Å². The third-order valence-electron chi connectivity index (χ3n) is 6.76. The summed E-state index contributed by atoms with van der Waals surface area (Å²) in [5, 5.41) is 43.7. The molecule has 3 aromatic rings. The monoisotopic (exact) mass is 639 g/mol. The molecule has 0 saturated carbocycles. The number of para-hydroxylation sites is 1. The zero-order chi connectivity index (χ0) is 32.6. The van der Waals surface area contributed by atoms with Gasteiger partial charge in [0.15, 0.2) is 11.6 Å². The Morgan fingerprint density at radius 3 is 2.42 bits per heavy atom. The average molecular weight is 640 g/mol. The van der Waals surface area contributed by atoms with Gasteiger partial charge in [0.05, 0.1) is 61.9 Å². The molecule has 0 aliphatic rings. The molecule has 0 spiro atoms. The number of likely N-dealkylation sites (N-methyl/N-ethyl adjacent to an activating group) is 1. The fourth-order valence-corrected chi connectivity index (χ4v) is 5.59. The molecule has 0 saturated heterocycles. The lowest BCUT2D eigenvalue weighted by atomic mass is 10.1. The minimum absolute atomic E-state index is 0.0309. The van der Waals surface area contributed by atoms with E-state index < -0.39 is 10.8 Å². The van der Waals surface area contributed by atoms with Crippen LogP contribution in [0.15, 0.2) is 57.6 Å². The standard InChI is InChI=1S/C31H41N7O6S/c1-5-38(12-14-39)13-18-45(41)28-20-26(42-3)25(19-27(28)43-4)36-37-29-22(2)24(21-32)30(34-23-9-7-6-8-10-23)35-31(29)33-11-16-44-17-15-40/h6-10,19-20,39-40H,5,11-18H2,1-4H3,(H2,33,34,35). The van der Waals surface area contributed by atoms with E-state index in [2.05, 4.69) is 31.9 Å². The van der Waals surface area contributed by atoms with Crippen molar-refractivity contribution in [1.29, 1.82) is 5.26 Å². The summed E-state index contributed by atoms with van der Waals surface area (Å²) in [5.41, 5.74) is 2.27. The zero-order valence-electron chi connectivity index (χ0n) is 26.1. The van der Waals surface area contributed by atoms with Crippen molar-refractivity contribution in [2.75, 3.05) is 83.2 Å². The van der Waals surface area contributed by atoms with Crippen molar-refractivity contribution in [3.8, 4) is 17.6 Å². The number of nitrogens with zero attached hydrogens (tertiary/aromatic N) is 5. The molecular weight excluding hydrogens is 598 g/mol. The second-order valence-electron chi connectivity index (χ2n) is 9.61. The van der Waals surface area contributed by atoms with E-state index >= 15 is 0 Å². The van der Waals surface area contributed by atoms with Crippen molar-refractivity contribution in [3.63, 3.8) is 0 Å². The minimum Gasteiger partial charge on any atom is -0.495 e. The normalized spacial score (nSPS) is 11.9. The Morgan fingerprint density at radius 1 is 1.02 bits per heavy atom. The highest BCUT2D eigenvalue weighted by atomic mass is 32.2. The predicted molar refractivity (Wildman–Crippen MR) is 174 cm³/mol. The molecule has 0 aliphatic carbocycles. The Balaban J connectivity index is 1.99. The molecule has 45 heavy (non-hydrogen) atoms.